The average Bonchev–Trinajstić information content (AvgIpc) is 2.63. The van der Waals surface area contributed by atoms with Gasteiger partial charge in [-0.25, -0.2) is 4.72 Å². The molecule has 8 nitrogen and oxygen atoms in total. The van der Waals surface area contributed by atoms with Crippen LogP contribution in [0, 0.1) is 0 Å². The molecule has 0 bridgehead atoms. The number of benzene rings is 1. The molecule has 2 atom stereocenters. The van der Waals surface area contributed by atoms with Gasteiger partial charge in [-0.3, -0.25) is 0 Å². The van der Waals surface area contributed by atoms with Crippen LogP contribution in [0.2, 0.25) is 0 Å². The predicted octanol–water partition coefficient (Wildman–Crippen LogP) is 1.51. The number of hydrogen-bond donors (Lipinski definition) is 2. The van der Waals surface area contributed by atoms with Crippen molar-refractivity contribution in [3.05, 3.63) is 35.9 Å². The van der Waals surface area contributed by atoms with Gasteiger partial charge >= 0.3 is 0 Å². The number of rotatable bonds is 11. The van der Waals surface area contributed by atoms with Crippen LogP contribution in [0.1, 0.15) is 46.1 Å². The van der Waals surface area contributed by atoms with Gasteiger partial charge in [0.25, 0.3) is 20.4 Å². The van der Waals surface area contributed by atoms with Gasteiger partial charge in [-0.15, -0.1) is 0 Å². The fourth-order valence-electron chi connectivity index (χ4n) is 2.44. The fraction of sp³-hybridized carbons (Fsp3) is 0.667. The van der Waals surface area contributed by atoms with Crippen molar-refractivity contribution in [2.24, 2.45) is 0 Å². The topological polar surface area (TPSA) is 98.8 Å². The van der Waals surface area contributed by atoms with Crippen molar-refractivity contribution in [2.75, 3.05) is 20.6 Å². The third kappa shape index (κ3) is 6.78. The van der Waals surface area contributed by atoms with Gasteiger partial charge in [0, 0.05) is 38.8 Å². The van der Waals surface area contributed by atoms with Gasteiger partial charge in [-0.05, 0) is 39.2 Å². The van der Waals surface area contributed by atoms with Crippen LogP contribution in [-0.4, -0.2) is 64.2 Å². The fourth-order valence-corrected chi connectivity index (χ4v) is 4.98. The maximum absolute atomic E-state index is 12.7. The third-order valence-electron chi connectivity index (χ3n) is 4.93. The molecule has 28 heavy (non-hydrogen) atoms. The van der Waals surface area contributed by atoms with E-state index in [1.165, 1.54) is 22.7 Å². The minimum atomic E-state index is -3.78. The molecule has 0 unspecified atom stereocenters. The first-order chi connectivity index (χ1) is 12.8. The molecule has 0 spiro atoms. The molecule has 0 aliphatic carbocycles. The normalized spacial score (nSPS) is 15.5. The van der Waals surface area contributed by atoms with Crippen molar-refractivity contribution in [2.45, 2.75) is 58.7 Å². The van der Waals surface area contributed by atoms with E-state index in [1.54, 1.807) is 27.7 Å². The van der Waals surface area contributed by atoms with Crippen LogP contribution in [-0.2, 0) is 20.4 Å². The highest BCUT2D eigenvalue weighted by Gasteiger charge is 2.30. The second-order valence-electron chi connectivity index (χ2n) is 7.50. The minimum absolute atomic E-state index is 0.0688. The van der Waals surface area contributed by atoms with Gasteiger partial charge in [0.1, 0.15) is 0 Å². The Bertz CT molecular complexity index is 811. The van der Waals surface area contributed by atoms with E-state index < -0.39 is 26.5 Å². The molecule has 1 aromatic carbocycles. The lowest BCUT2D eigenvalue weighted by atomic mass is 9.94. The summed E-state index contributed by atoms with van der Waals surface area (Å²) in [5, 5.41) is 0. The highest BCUT2D eigenvalue weighted by atomic mass is 32.2. The first kappa shape index (κ1) is 25.0. The van der Waals surface area contributed by atoms with Crippen LogP contribution < -0.4 is 9.44 Å². The summed E-state index contributed by atoms with van der Waals surface area (Å²) in [7, 11) is -4.53. The summed E-state index contributed by atoms with van der Waals surface area (Å²) in [5.74, 6) is -0.247. The lowest BCUT2D eigenvalue weighted by Crippen LogP contribution is -2.53. The lowest BCUT2D eigenvalue weighted by Gasteiger charge is -2.30. The predicted molar refractivity (Wildman–Crippen MR) is 113 cm³/mol. The molecule has 162 valence electrons. The maximum atomic E-state index is 12.7. The maximum Gasteiger partial charge on any atom is 0.279 e. The Kier molecular flexibility index (Phi) is 9.04. The average molecular weight is 435 g/mol. The van der Waals surface area contributed by atoms with Crippen molar-refractivity contribution < 1.29 is 16.8 Å². The molecular weight excluding hydrogens is 400 g/mol. The molecule has 0 heterocycles. The van der Waals surface area contributed by atoms with Crippen molar-refractivity contribution in [3.8, 4) is 0 Å². The highest BCUT2D eigenvalue weighted by molar-refractivity contribution is 7.87. The Morgan fingerprint density at radius 3 is 1.75 bits per heavy atom. The zero-order chi connectivity index (χ0) is 21.7. The van der Waals surface area contributed by atoms with E-state index in [0.717, 1.165) is 5.56 Å². The highest BCUT2D eigenvalue weighted by Crippen LogP contribution is 2.20. The minimum Gasteiger partial charge on any atom is -0.200 e. The molecule has 0 aliphatic heterocycles. The summed E-state index contributed by atoms with van der Waals surface area (Å²) in [6.45, 7) is 8.89. The molecule has 2 N–H and O–H groups in total. The summed E-state index contributed by atoms with van der Waals surface area (Å²) in [6.07, 6.45) is 0. The summed E-state index contributed by atoms with van der Waals surface area (Å²) in [5.41, 5.74) is 0.916. The molecule has 0 aliphatic rings. The Labute approximate surface area is 170 Å². The summed E-state index contributed by atoms with van der Waals surface area (Å²) in [4.78, 5) is 0. The molecule has 0 saturated carbocycles. The van der Waals surface area contributed by atoms with Gasteiger partial charge < -0.3 is 0 Å². The van der Waals surface area contributed by atoms with E-state index >= 15 is 0 Å². The molecule has 1 rings (SSSR count). The van der Waals surface area contributed by atoms with E-state index in [4.69, 9.17) is 0 Å². The van der Waals surface area contributed by atoms with Crippen molar-refractivity contribution in [1.82, 2.24) is 18.1 Å². The summed E-state index contributed by atoms with van der Waals surface area (Å²) in [6, 6.07) is 8.30. The van der Waals surface area contributed by atoms with Gasteiger partial charge in [-0.2, -0.15) is 30.2 Å². The van der Waals surface area contributed by atoms with Crippen LogP contribution >= 0.6 is 0 Å². The van der Waals surface area contributed by atoms with E-state index in [2.05, 4.69) is 9.44 Å². The Hall–Kier alpha value is -1.04. The second-order valence-corrected chi connectivity index (χ2v) is 11.1. The summed E-state index contributed by atoms with van der Waals surface area (Å²) < 4.78 is 58.0. The van der Waals surface area contributed by atoms with Gasteiger partial charge in [0.05, 0.1) is 0 Å². The van der Waals surface area contributed by atoms with Gasteiger partial charge in [0.2, 0.25) is 0 Å². The largest absolute Gasteiger partial charge is 0.279 e. The van der Waals surface area contributed by atoms with Gasteiger partial charge in [-0.1, -0.05) is 37.3 Å². The molecule has 0 aromatic heterocycles. The monoisotopic (exact) mass is 434 g/mol. The molecule has 0 fully saturated rings. The van der Waals surface area contributed by atoms with Crippen molar-refractivity contribution in [1.29, 1.82) is 0 Å². The lowest BCUT2D eigenvalue weighted by molar-refractivity contribution is 0.381. The molecular formula is C18H34N4O4S2. The quantitative estimate of drug-likeness (QED) is 0.551. The number of nitrogens with zero attached hydrogens (tertiary/aromatic N) is 2. The number of hydrogen-bond acceptors (Lipinski definition) is 4. The third-order valence-corrected chi connectivity index (χ3v) is 8.42. The molecule has 0 saturated heterocycles. The SMILES string of the molecule is CC(C)N(C)S(=O)(=O)NC[C@H](NS(=O)(=O)N(C)C(C)C)[C@@H](C)c1ccccc1. The van der Waals surface area contributed by atoms with Crippen molar-refractivity contribution >= 4 is 20.4 Å². The van der Waals surface area contributed by atoms with E-state index in [9.17, 15) is 16.8 Å². The Balaban J connectivity index is 3.12. The Morgan fingerprint density at radius 2 is 1.29 bits per heavy atom. The molecule has 0 amide bonds. The first-order valence-corrected chi connectivity index (χ1v) is 12.2. The molecule has 10 heteroatoms. The van der Waals surface area contributed by atoms with Crippen LogP contribution in [0.5, 0.6) is 0 Å². The van der Waals surface area contributed by atoms with E-state index in [1.807, 2.05) is 37.3 Å². The van der Waals surface area contributed by atoms with Crippen molar-refractivity contribution in [3.63, 3.8) is 0 Å². The van der Waals surface area contributed by atoms with E-state index in [-0.39, 0.29) is 24.5 Å². The second kappa shape index (κ2) is 10.1. The molecule has 0 radical (unpaired) electrons. The zero-order valence-electron chi connectivity index (χ0n) is 17.7. The van der Waals surface area contributed by atoms with Crippen LogP contribution in [0.4, 0.5) is 0 Å². The smallest absolute Gasteiger partial charge is 0.200 e. The van der Waals surface area contributed by atoms with Crippen LogP contribution in [0.15, 0.2) is 30.3 Å². The number of nitrogens with one attached hydrogen (secondary N) is 2. The van der Waals surface area contributed by atoms with E-state index in [0.29, 0.717) is 0 Å². The zero-order valence-corrected chi connectivity index (χ0v) is 19.4. The Morgan fingerprint density at radius 1 is 0.821 bits per heavy atom. The van der Waals surface area contributed by atoms with Gasteiger partial charge in [0.15, 0.2) is 0 Å². The van der Waals surface area contributed by atoms with Crippen LogP contribution in [0.3, 0.4) is 0 Å². The van der Waals surface area contributed by atoms with Crippen LogP contribution in [0.25, 0.3) is 0 Å². The first-order valence-electron chi connectivity index (χ1n) is 9.32. The molecule has 1 aromatic rings. The standard InChI is InChI=1S/C18H34N4O4S2/c1-14(2)21(6)27(23,24)19-13-18(16(5)17-11-9-8-10-12-17)20-28(25,26)22(7)15(3)4/h8-12,14-16,18-20H,13H2,1-7H3/t16-,18-/m0/s1. The summed E-state index contributed by atoms with van der Waals surface area (Å²) >= 11 is 0.